The topological polar surface area (TPSA) is 50.4 Å². The molecule has 0 bridgehead atoms. The molecule has 0 amide bonds. The molecule has 0 aromatic rings. The van der Waals surface area contributed by atoms with Gasteiger partial charge in [-0.25, -0.2) is 0 Å². The van der Waals surface area contributed by atoms with Gasteiger partial charge >= 0.3 is 5.97 Å². The number of carbonyl (C=O) groups is 1. The highest BCUT2D eigenvalue weighted by Gasteiger charge is 2.00. The van der Waals surface area contributed by atoms with E-state index in [4.69, 9.17) is 4.74 Å². The molecule has 0 aliphatic carbocycles. The van der Waals surface area contributed by atoms with Gasteiger partial charge in [-0.1, -0.05) is 26.7 Å². The van der Waals surface area contributed by atoms with Crippen molar-refractivity contribution in [2.24, 2.45) is 0 Å². The summed E-state index contributed by atoms with van der Waals surface area (Å²) in [6.45, 7) is 7.29. The van der Waals surface area contributed by atoms with E-state index < -0.39 is 0 Å². The van der Waals surface area contributed by atoms with Gasteiger partial charge < -0.3 is 15.4 Å². The molecule has 16 heavy (non-hydrogen) atoms. The Labute approximate surface area is 99.1 Å². The van der Waals surface area contributed by atoms with Crippen molar-refractivity contribution in [1.82, 2.24) is 10.6 Å². The lowest BCUT2D eigenvalue weighted by molar-refractivity contribution is -0.143. The lowest BCUT2D eigenvalue weighted by atomic mass is 10.3. The van der Waals surface area contributed by atoms with Crippen LogP contribution >= 0.6 is 0 Å². The van der Waals surface area contributed by atoms with Gasteiger partial charge in [-0.15, -0.1) is 0 Å². The number of nitrogens with one attached hydrogen (secondary N) is 2. The Bertz CT molecular complexity index is 163. The molecular formula is C12H26N2O2. The lowest BCUT2D eigenvalue weighted by Gasteiger charge is -2.06. The van der Waals surface area contributed by atoms with Crippen LogP contribution in [-0.4, -0.2) is 32.3 Å². The third-order valence-electron chi connectivity index (χ3n) is 2.22. The molecule has 0 atom stereocenters. The SMILES string of the molecule is CCCCNCNCCC(=O)OCCCC. The van der Waals surface area contributed by atoms with Crippen molar-refractivity contribution >= 4 is 5.97 Å². The van der Waals surface area contributed by atoms with Crippen molar-refractivity contribution in [3.63, 3.8) is 0 Å². The van der Waals surface area contributed by atoms with E-state index in [0.717, 1.165) is 26.1 Å². The Hall–Kier alpha value is -0.610. The van der Waals surface area contributed by atoms with Gasteiger partial charge in [0.2, 0.25) is 0 Å². The predicted octanol–water partition coefficient (Wildman–Crippen LogP) is 1.66. The van der Waals surface area contributed by atoms with E-state index in [9.17, 15) is 4.79 Å². The minimum absolute atomic E-state index is 0.102. The lowest BCUT2D eigenvalue weighted by Crippen LogP contribution is -2.31. The third-order valence-corrected chi connectivity index (χ3v) is 2.22. The highest BCUT2D eigenvalue weighted by atomic mass is 16.5. The minimum Gasteiger partial charge on any atom is -0.466 e. The maximum atomic E-state index is 11.2. The fourth-order valence-corrected chi connectivity index (χ4v) is 1.16. The summed E-state index contributed by atoms with van der Waals surface area (Å²) in [6.07, 6.45) is 4.88. The van der Waals surface area contributed by atoms with Gasteiger partial charge in [0.1, 0.15) is 0 Å². The van der Waals surface area contributed by atoms with Crippen molar-refractivity contribution in [1.29, 1.82) is 0 Å². The van der Waals surface area contributed by atoms with E-state index in [1.54, 1.807) is 0 Å². The molecule has 0 aromatic carbocycles. The van der Waals surface area contributed by atoms with Gasteiger partial charge in [0.15, 0.2) is 0 Å². The molecule has 0 rings (SSSR count). The van der Waals surface area contributed by atoms with E-state index in [2.05, 4.69) is 24.5 Å². The van der Waals surface area contributed by atoms with Gasteiger partial charge in [0, 0.05) is 13.2 Å². The molecule has 0 saturated heterocycles. The largest absolute Gasteiger partial charge is 0.466 e. The van der Waals surface area contributed by atoms with Gasteiger partial charge in [-0.2, -0.15) is 0 Å². The van der Waals surface area contributed by atoms with E-state index in [-0.39, 0.29) is 5.97 Å². The molecule has 96 valence electrons. The molecule has 0 spiro atoms. The van der Waals surface area contributed by atoms with Crippen molar-refractivity contribution in [2.75, 3.05) is 26.4 Å². The zero-order valence-electron chi connectivity index (χ0n) is 10.7. The van der Waals surface area contributed by atoms with Crippen LogP contribution < -0.4 is 10.6 Å². The van der Waals surface area contributed by atoms with Crippen LogP contribution in [0.1, 0.15) is 46.0 Å². The molecule has 0 heterocycles. The van der Waals surface area contributed by atoms with Gasteiger partial charge in [0.25, 0.3) is 0 Å². The molecule has 4 nitrogen and oxygen atoms in total. The second-order valence-corrected chi connectivity index (χ2v) is 3.85. The first kappa shape index (κ1) is 15.4. The van der Waals surface area contributed by atoms with Crippen molar-refractivity contribution in [3.05, 3.63) is 0 Å². The maximum absolute atomic E-state index is 11.2. The molecule has 0 unspecified atom stereocenters. The van der Waals surface area contributed by atoms with Crippen molar-refractivity contribution in [3.8, 4) is 0 Å². The molecule has 0 fully saturated rings. The van der Waals surface area contributed by atoms with Gasteiger partial charge in [-0.3, -0.25) is 4.79 Å². The van der Waals surface area contributed by atoms with E-state index >= 15 is 0 Å². The number of hydrogen-bond donors (Lipinski definition) is 2. The standard InChI is InChI=1S/C12H26N2O2/c1-3-5-8-13-11-14-9-7-12(15)16-10-6-4-2/h13-14H,3-11H2,1-2H3. The molecule has 0 radical (unpaired) electrons. The fraction of sp³-hybridized carbons (Fsp3) is 0.917. The summed E-state index contributed by atoms with van der Waals surface area (Å²) < 4.78 is 5.03. The van der Waals surface area contributed by atoms with Gasteiger partial charge in [0.05, 0.1) is 13.0 Å². The Morgan fingerprint density at radius 2 is 1.75 bits per heavy atom. The summed E-state index contributed by atoms with van der Waals surface area (Å²) in [5, 5.41) is 6.40. The van der Waals surface area contributed by atoms with Crippen LogP contribution in [0.4, 0.5) is 0 Å². The average molecular weight is 230 g/mol. The van der Waals surface area contributed by atoms with Crippen LogP contribution in [0.5, 0.6) is 0 Å². The quantitative estimate of drug-likeness (QED) is 0.322. The molecule has 0 aliphatic rings. The van der Waals surface area contributed by atoms with Crippen LogP contribution in [-0.2, 0) is 9.53 Å². The molecule has 0 aliphatic heterocycles. The monoisotopic (exact) mass is 230 g/mol. The van der Waals surface area contributed by atoms with Crippen LogP contribution in [0.25, 0.3) is 0 Å². The fourth-order valence-electron chi connectivity index (χ4n) is 1.16. The summed E-state index contributed by atoms with van der Waals surface area (Å²) in [5.74, 6) is -0.102. The van der Waals surface area contributed by atoms with Crippen LogP contribution in [0.3, 0.4) is 0 Å². The second kappa shape index (κ2) is 12.5. The summed E-state index contributed by atoms with van der Waals surface area (Å²) in [6, 6.07) is 0. The number of ether oxygens (including phenoxy) is 1. The minimum atomic E-state index is -0.102. The van der Waals surface area contributed by atoms with Crippen molar-refractivity contribution in [2.45, 2.75) is 46.0 Å². The number of unbranched alkanes of at least 4 members (excludes halogenated alkanes) is 2. The maximum Gasteiger partial charge on any atom is 0.307 e. The first-order chi connectivity index (χ1) is 7.81. The van der Waals surface area contributed by atoms with Crippen LogP contribution in [0.2, 0.25) is 0 Å². The molecule has 0 aromatic heterocycles. The van der Waals surface area contributed by atoms with Crippen molar-refractivity contribution < 1.29 is 9.53 Å². The Morgan fingerprint density at radius 1 is 1.06 bits per heavy atom. The summed E-state index contributed by atoms with van der Waals surface area (Å²) in [5.41, 5.74) is 0. The number of hydrogen-bond acceptors (Lipinski definition) is 4. The van der Waals surface area contributed by atoms with Gasteiger partial charge in [-0.05, 0) is 19.4 Å². The summed E-state index contributed by atoms with van der Waals surface area (Å²) >= 11 is 0. The zero-order valence-corrected chi connectivity index (χ0v) is 10.7. The van der Waals surface area contributed by atoms with E-state index in [1.165, 1.54) is 12.8 Å². The number of rotatable bonds is 11. The highest BCUT2D eigenvalue weighted by Crippen LogP contribution is 1.90. The molecule has 2 N–H and O–H groups in total. The smallest absolute Gasteiger partial charge is 0.307 e. The summed E-state index contributed by atoms with van der Waals surface area (Å²) in [4.78, 5) is 11.2. The van der Waals surface area contributed by atoms with Crippen LogP contribution in [0.15, 0.2) is 0 Å². The third kappa shape index (κ3) is 11.5. The normalized spacial score (nSPS) is 10.4. The molecular weight excluding hydrogens is 204 g/mol. The van der Waals surface area contributed by atoms with E-state index in [0.29, 0.717) is 19.6 Å². The Morgan fingerprint density at radius 3 is 2.44 bits per heavy atom. The Balaban J connectivity index is 3.09. The molecule has 4 heteroatoms. The first-order valence-corrected chi connectivity index (χ1v) is 6.38. The predicted molar refractivity (Wildman–Crippen MR) is 66.3 cm³/mol. The molecule has 0 saturated carbocycles. The van der Waals surface area contributed by atoms with E-state index in [1.807, 2.05) is 0 Å². The summed E-state index contributed by atoms with van der Waals surface area (Å²) in [7, 11) is 0. The zero-order chi connectivity index (χ0) is 12.1. The average Bonchev–Trinajstić information content (AvgIpc) is 2.28. The first-order valence-electron chi connectivity index (χ1n) is 6.38. The number of carbonyl (C=O) groups excluding carboxylic acids is 1. The second-order valence-electron chi connectivity index (χ2n) is 3.85. The van der Waals surface area contributed by atoms with Crippen LogP contribution in [0, 0.1) is 0 Å². The Kier molecular flexibility index (Phi) is 12.0. The number of esters is 1. The highest BCUT2D eigenvalue weighted by molar-refractivity contribution is 5.69.